The number of hydrogen-bond acceptors (Lipinski definition) is 2. The lowest BCUT2D eigenvalue weighted by Gasteiger charge is -2.12. The van der Waals surface area contributed by atoms with Crippen LogP contribution in [0.3, 0.4) is 0 Å². The minimum absolute atomic E-state index is 0.262. The molecule has 94 valence electrons. The molecule has 2 aromatic rings. The second kappa shape index (κ2) is 4.49. The molecular weight excluding hydrogens is 262 g/mol. The topological polar surface area (TPSA) is 45.8 Å². The normalized spacial score (nSPS) is 11.7. The predicted molar refractivity (Wildman–Crippen MR) is 66.1 cm³/mol. The smallest absolute Gasteiger partial charge is 0.298 e. The minimum atomic E-state index is -3.33. The highest BCUT2D eigenvalue weighted by molar-refractivity contribution is 6.31. The summed E-state index contributed by atoms with van der Waals surface area (Å²) in [6.07, 6.45) is 0.412. The van der Waals surface area contributed by atoms with E-state index in [1.807, 2.05) is 0 Å². The van der Waals surface area contributed by atoms with Crippen LogP contribution in [0.5, 0.6) is 0 Å². The fourth-order valence-corrected chi connectivity index (χ4v) is 1.76. The molecule has 18 heavy (non-hydrogen) atoms. The molecule has 0 unspecified atom stereocenters. The summed E-state index contributed by atoms with van der Waals surface area (Å²) in [5, 5.41) is 0.394. The molecule has 6 heteroatoms. The number of alkyl halides is 2. The highest BCUT2D eigenvalue weighted by Crippen LogP contribution is 2.29. The van der Waals surface area contributed by atoms with Gasteiger partial charge in [-0.15, -0.1) is 6.58 Å². The maximum atomic E-state index is 13.6. The standard InChI is InChI=1S/C12H9ClF2N2O/c1-2-5-12(14,15)10-11(18)17-9-6-7(13)3-4-8(9)16-10/h2-4,6H,1,5H2,(H,17,18). The quantitative estimate of drug-likeness (QED) is 0.870. The monoisotopic (exact) mass is 270 g/mol. The van der Waals surface area contributed by atoms with E-state index in [1.54, 1.807) is 0 Å². The highest BCUT2D eigenvalue weighted by Gasteiger charge is 2.35. The minimum Gasteiger partial charge on any atom is -0.319 e. The molecule has 0 aliphatic carbocycles. The van der Waals surface area contributed by atoms with Crippen LogP contribution in [0.15, 0.2) is 35.6 Å². The first kappa shape index (κ1) is 12.7. The third-order valence-electron chi connectivity index (χ3n) is 2.40. The summed E-state index contributed by atoms with van der Waals surface area (Å²) in [4.78, 5) is 17.6. The number of aromatic nitrogens is 2. The Morgan fingerprint density at radius 2 is 2.22 bits per heavy atom. The van der Waals surface area contributed by atoms with Crippen molar-refractivity contribution in [1.82, 2.24) is 9.97 Å². The number of hydrogen-bond donors (Lipinski definition) is 1. The summed E-state index contributed by atoms with van der Waals surface area (Å²) < 4.78 is 27.3. The molecule has 0 bridgehead atoms. The molecular formula is C12H9ClF2N2O. The predicted octanol–water partition coefficient (Wildman–Crippen LogP) is 3.24. The summed E-state index contributed by atoms with van der Waals surface area (Å²) >= 11 is 5.74. The molecule has 0 saturated heterocycles. The number of halogens is 3. The lowest BCUT2D eigenvalue weighted by atomic mass is 10.1. The molecule has 0 radical (unpaired) electrons. The molecule has 0 atom stereocenters. The van der Waals surface area contributed by atoms with Gasteiger partial charge in [-0.3, -0.25) is 4.79 Å². The fraction of sp³-hybridized carbons (Fsp3) is 0.167. The van der Waals surface area contributed by atoms with E-state index in [-0.39, 0.29) is 5.52 Å². The molecule has 2 rings (SSSR count). The van der Waals surface area contributed by atoms with Gasteiger partial charge in [0.15, 0.2) is 5.69 Å². The van der Waals surface area contributed by atoms with E-state index in [1.165, 1.54) is 18.2 Å². The van der Waals surface area contributed by atoms with Crippen molar-refractivity contribution >= 4 is 22.6 Å². The van der Waals surface area contributed by atoms with Crippen LogP contribution < -0.4 is 5.56 Å². The third kappa shape index (κ3) is 2.26. The van der Waals surface area contributed by atoms with Crippen LogP contribution in [-0.2, 0) is 5.92 Å². The van der Waals surface area contributed by atoms with Gasteiger partial charge < -0.3 is 4.98 Å². The van der Waals surface area contributed by atoms with Gasteiger partial charge >= 0.3 is 0 Å². The zero-order chi connectivity index (χ0) is 13.3. The van der Waals surface area contributed by atoms with Gasteiger partial charge in [-0.1, -0.05) is 17.7 Å². The van der Waals surface area contributed by atoms with Crippen molar-refractivity contribution in [2.45, 2.75) is 12.3 Å². The number of aromatic amines is 1. The van der Waals surface area contributed by atoms with E-state index in [0.717, 1.165) is 6.08 Å². The Labute approximate surface area is 106 Å². The van der Waals surface area contributed by atoms with E-state index in [4.69, 9.17) is 11.6 Å². The molecule has 0 saturated carbocycles. The molecule has 1 N–H and O–H groups in total. The van der Waals surface area contributed by atoms with E-state index in [2.05, 4.69) is 16.5 Å². The number of benzene rings is 1. The lowest BCUT2D eigenvalue weighted by Crippen LogP contribution is -2.26. The zero-order valence-electron chi connectivity index (χ0n) is 9.21. The van der Waals surface area contributed by atoms with Crippen molar-refractivity contribution in [2.24, 2.45) is 0 Å². The fourth-order valence-electron chi connectivity index (χ4n) is 1.58. The summed E-state index contributed by atoms with van der Waals surface area (Å²) in [6.45, 7) is 3.24. The van der Waals surface area contributed by atoms with Crippen LogP contribution >= 0.6 is 11.6 Å². The van der Waals surface area contributed by atoms with Crippen molar-refractivity contribution in [3.63, 3.8) is 0 Å². The molecule has 1 aromatic heterocycles. The molecule has 1 heterocycles. The van der Waals surface area contributed by atoms with Gasteiger partial charge in [0.25, 0.3) is 11.5 Å². The van der Waals surface area contributed by atoms with Gasteiger partial charge in [0.1, 0.15) is 0 Å². The average Bonchev–Trinajstić information content (AvgIpc) is 2.27. The van der Waals surface area contributed by atoms with Crippen molar-refractivity contribution in [1.29, 1.82) is 0 Å². The first-order valence-corrected chi connectivity index (χ1v) is 5.50. The summed E-state index contributed by atoms with van der Waals surface area (Å²) in [6, 6.07) is 4.45. The summed E-state index contributed by atoms with van der Waals surface area (Å²) in [5.74, 6) is -3.33. The lowest BCUT2D eigenvalue weighted by molar-refractivity contribution is -0.00662. The molecule has 0 amide bonds. The maximum absolute atomic E-state index is 13.6. The first-order chi connectivity index (χ1) is 8.44. The van der Waals surface area contributed by atoms with Gasteiger partial charge in [-0.05, 0) is 18.2 Å². The summed E-state index contributed by atoms with van der Waals surface area (Å²) in [5.41, 5.74) is -1.14. The third-order valence-corrected chi connectivity index (χ3v) is 2.64. The van der Waals surface area contributed by atoms with Crippen LogP contribution in [0, 0.1) is 0 Å². The molecule has 0 aliphatic rings. The second-order valence-corrected chi connectivity index (χ2v) is 4.21. The van der Waals surface area contributed by atoms with Crippen molar-refractivity contribution in [2.75, 3.05) is 0 Å². The number of allylic oxidation sites excluding steroid dienone is 1. The van der Waals surface area contributed by atoms with E-state index < -0.39 is 23.6 Å². The van der Waals surface area contributed by atoms with Gasteiger partial charge in [-0.25, -0.2) is 4.98 Å². The van der Waals surface area contributed by atoms with E-state index in [0.29, 0.717) is 10.5 Å². The first-order valence-electron chi connectivity index (χ1n) is 5.13. The van der Waals surface area contributed by atoms with Gasteiger partial charge in [0.05, 0.1) is 11.0 Å². The Bertz CT molecular complexity index is 667. The van der Waals surface area contributed by atoms with Crippen LogP contribution in [0.4, 0.5) is 8.78 Å². The molecule has 0 aliphatic heterocycles. The van der Waals surface area contributed by atoms with Gasteiger partial charge in [-0.2, -0.15) is 8.78 Å². The maximum Gasteiger partial charge on any atom is 0.298 e. The van der Waals surface area contributed by atoms with E-state index >= 15 is 0 Å². The van der Waals surface area contributed by atoms with Crippen LogP contribution in [0.2, 0.25) is 5.02 Å². The zero-order valence-corrected chi connectivity index (χ0v) is 9.97. The van der Waals surface area contributed by atoms with Crippen molar-refractivity contribution in [3.05, 3.63) is 51.9 Å². The Balaban J connectivity index is 2.67. The molecule has 0 fully saturated rings. The van der Waals surface area contributed by atoms with Crippen LogP contribution in [0.1, 0.15) is 12.1 Å². The Kier molecular flexibility index (Phi) is 3.17. The Hall–Kier alpha value is -1.75. The number of H-pyrrole nitrogens is 1. The second-order valence-electron chi connectivity index (χ2n) is 3.77. The Morgan fingerprint density at radius 3 is 2.89 bits per heavy atom. The van der Waals surface area contributed by atoms with Gasteiger partial charge in [0.2, 0.25) is 0 Å². The van der Waals surface area contributed by atoms with Crippen molar-refractivity contribution < 1.29 is 8.78 Å². The largest absolute Gasteiger partial charge is 0.319 e. The number of nitrogens with one attached hydrogen (secondary N) is 1. The van der Waals surface area contributed by atoms with E-state index in [9.17, 15) is 13.6 Å². The van der Waals surface area contributed by atoms with Crippen molar-refractivity contribution in [3.8, 4) is 0 Å². The average molecular weight is 271 g/mol. The Morgan fingerprint density at radius 1 is 1.50 bits per heavy atom. The van der Waals surface area contributed by atoms with Gasteiger partial charge in [0, 0.05) is 11.4 Å². The number of nitrogens with zero attached hydrogens (tertiary/aromatic N) is 1. The number of fused-ring (bicyclic) bond motifs is 1. The summed E-state index contributed by atoms with van der Waals surface area (Å²) in [7, 11) is 0. The molecule has 1 aromatic carbocycles. The molecule has 3 nitrogen and oxygen atoms in total. The number of rotatable bonds is 3. The SMILES string of the molecule is C=CCC(F)(F)c1nc2ccc(Cl)cc2[nH]c1=O. The van der Waals surface area contributed by atoms with Crippen LogP contribution in [-0.4, -0.2) is 9.97 Å². The highest BCUT2D eigenvalue weighted by atomic mass is 35.5. The van der Waals surface area contributed by atoms with Crippen LogP contribution in [0.25, 0.3) is 11.0 Å². The molecule has 0 spiro atoms.